The summed E-state index contributed by atoms with van der Waals surface area (Å²) in [6.45, 7) is 7.33. The quantitative estimate of drug-likeness (QED) is 0.399. The summed E-state index contributed by atoms with van der Waals surface area (Å²) in [5, 5.41) is 3.98. The topological polar surface area (TPSA) is 21.6 Å². The van der Waals surface area contributed by atoms with E-state index in [9.17, 15) is 0 Å². The molecule has 0 spiro atoms. The third kappa shape index (κ3) is 4.45. The Kier molecular flexibility index (Phi) is 6.04. The maximum atomic E-state index is 6.17. The van der Waals surface area contributed by atoms with Crippen molar-refractivity contribution in [2.24, 2.45) is 10.4 Å². The Morgan fingerprint density at radius 1 is 0.818 bits per heavy atom. The second kappa shape index (κ2) is 9.12. The SMILES string of the molecule is CC(C)(C)[C@H]1COC(C2=C[CH]C=C2[P@](c2ccccc2)c2ccccc2-c2ccccc2)=N1. The van der Waals surface area contributed by atoms with Crippen LogP contribution >= 0.6 is 7.92 Å². The molecule has 165 valence electrons. The lowest BCUT2D eigenvalue weighted by molar-refractivity contribution is 0.236. The van der Waals surface area contributed by atoms with Crippen LogP contribution < -0.4 is 10.6 Å². The van der Waals surface area contributed by atoms with Crippen LogP contribution in [0.25, 0.3) is 11.1 Å². The summed E-state index contributed by atoms with van der Waals surface area (Å²) < 4.78 is 6.17. The highest BCUT2D eigenvalue weighted by Crippen LogP contribution is 2.51. The highest BCUT2D eigenvalue weighted by Gasteiger charge is 2.35. The normalized spacial score (nSPS) is 18.9. The number of hydrogen-bond acceptors (Lipinski definition) is 2. The fraction of sp³-hybridized carbons (Fsp3) is 0.200. The summed E-state index contributed by atoms with van der Waals surface area (Å²) in [5.41, 5.74) is 3.73. The standard InChI is InChI=1S/C30H29NOP/c1-30(2,3)28-21-32-29(31-28)25-18-12-20-27(25)33(23-15-8-5-9-16-23)26-19-11-10-17-24(26)22-13-6-4-7-14-22/h4-20,28H,21H2,1-3H3/t28-,33-/m1/s1. The zero-order valence-corrected chi connectivity index (χ0v) is 20.3. The monoisotopic (exact) mass is 450 g/mol. The highest BCUT2D eigenvalue weighted by atomic mass is 31.1. The summed E-state index contributed by atoms with van der Waals surface area (Å²) in [4.78, 5) is 5.02. The zero-order chi connectivity index (χ0) is 22.8. The van der Waals surface area contributed by atoms with Gasteiger partial charge in [0, 0.05) is 12.0 Å². The van der Waals surface area contributed by atoms with Gasteiger partial charge < -0.3 is 4.74 Å². The maximum absolute atomic E-state index is 6.17. The Balaban J connectivity index is 1.62. The van der Waals surface area contributed by atoms with Crippen molar-refractivity contribution in [1.82, 2.24) is 0 Å². The van der Waals surface area contributed by atoms with Gasteiger partial charge in [-0.25, -0.2) is 4.99 Å². The molecule has 2 aliphatic rings. The van der Waals surface area contributed by atoms with Gasteiger partial charge in [-0.3, -0.25) is 0 Å². The molecule has 2 atom stereocenters. The Morgan fingerprint density at radius 3 is 2.18 bits per heavy atom. The van der Waals surface area contributed by atoms with E-state index < -0.39 is 7.92 Å². The third-order valence-corrected chi connectivity index (χ3v) is 8.72. The molecule has 2 nitrogen and oxygen atoms in total. The van der Waals surface area contributed by atoms with Crippen molar-refractivity contribution in [3.63, 3.8) is 0 Å². The molecule has 0 bridgehead atoms. The molecule has 0 aromatic heterocycles. The smallest absolute Gasteiger partial charge is 0.216 e. The first-order valence-electron chi connectivity index (χ1n) is 11.5. The summed E-state index contributed by atoms with van der Waals surface area (Å²) in [7, 11) is -0.793. The van der Waals surface area contributed by atoms with Crippen molar-refractivity contribution in [3.05, 3.63) is 114 Å². The average Bonchev–Trinajstić information content (AvgIpc) is 3.51. The molecule has 1 heterocycles. The van der Waals surface area contributed by atoms with Gasteiger partial charge in [0.05, 0.1) is 6.04 Å². The highest BCUT2D eigenvalue weighted by molar-refractivity contribution is 7.77. The second-order valence-corrected chi connectivity index (χ2v) is 11.7. The van der Waals surface area contributed by atoms with E-state index in [1.165, 1.54) is 27.1 Å². The van der Waals surface area contributed by atoms with Crippen molar-refractivity contribution in [1.29, 1.82) is 0 Å². The van der Waals surface area contributed by atoms with E-state index in [0.717, 1.165) is 11.5 Å². The van der Waals surface area contributed by atoms with Crippen molar-refractivity contribution < 1.29 is 4.74 Å². The number of rotatable bonds is 5. The van der Waals surface area contributed by atoms with Crippen molar-refractivity contribution >= 4 is 24.4 Å². The molecular formula is C30H29NOP. The van der Waals surface area contributed by atoms with E-state index >= 15 is 0 Å². The fourth-order valence-electron chi connectivity index (χ4n) is 4.27. The second-order valence-electron chi connectivity index (χ2n) is 9.51. The van der Waals surface area contributed by atoms with Gasteiger partial charge in [-0.1, -0.05) is 118 Å². The fourth-order valence-corrected chi connectivity index (χ4v) is 6.88. The van der Waals surface area contributed by atoms with Gasteiger partial charge in [0.25, 0.3) is 0 Å². The number of aliphatic imine (C=N–C) groups is 1. The molecule has 0 unspecified atom stereocenters. The molecule has 3 aromatic rings. The van der Waals surface area contributed by atoms with Crippen molar-refractivity contribution in [2.75, 3.05) is 6.61 Å². The molecular weight excluding hydrogens is 421 g/mol. The van der Waals surface area contributed by atoms with Crippen LogP contribution in [0, 0.1) is 11.8 Å². The first kappa shape index (κ1) is 21.9. The molecule has 3 heteroatoms. The summed E-state index contributed by atoms with van der Waals surface area (Å²) in [6.07, 6.45) is 6.57. The summed E-state index contributed by atoms with van der Waals surface area (Å²) in [5.74, 6) is 0.788. The molecule has 1 aliphatic heterocycles. The van der Waals surface area contributed by atoms with Gasteiger partial charge in [-0.2, -0.15) is 0 Å². The van der Waals surface area contributed by atoms with Gasteiger partial charge in [0.2, 0.25) is 5.90 Å². The minimum absolute atomic E-state index is 0.0819. The Labute approximate surface area is 198 Å². The van der Waals surface area contributed by atoms with Gasteiger partial charge in [0.1, 0.15) is 6.61 Å². The number of allylic oxidation sites excluding steroid dienone is 2. The lowest BCUT2D eigenvalue weighted by atomic mass is 9.88. The van der Waals surface area contributed by atoms with Crippen LogP contribution in [0.3, 0.4) is 0 Å². The zero-order valence-electron chi connectivity index (χ0n) is 19.4. The van der Waals surface area contributed by atoms with E-state index in [0.29, 0.717) is 6.61 Å². The van der Waals surface area contributed by atoms with Crippen LogP contribution in [0.2, 0.25) is 0 Å². The first-order chi connectivity index (χ1) is 16.0. The van der Waals surface area contributed by atoms with Crippen LogP contribution in [0.5, 0.6) is 0 Å². The van der Waals surface area contributed by atoms with E-state index in [2.05, 4.69) is 124 Å². The van der Waals surface area contributed by atoms with Crippen LogP contribution in [0.1, 0.15) is 20.8 Å². The predicted octanol–water partition coefficient (Wildman–Crippen LogP) is 6.66. The summed E-state index contributed by atoms with van der Waals surface area (Å²) in [6, 6.07) is 30.5. The number of ether oxygens (including phenoxy) is 1. The number of benzene rings is 3. The van der Waals surface area contributed by atoms with Crippen LogP contribution in [-0.2, 0) is 4.74 Å². The maximum Gasteiger partial charge on any atom is 0.216 e. The molecule has 1 radical (unpaired) electrons. The Hall–Kier alpha value is -2.96. The Morgan fingerprint density at radius 2 is 1.48 bits per heavy atom. The third-order valence-electron chi connectivity index (χ3n) is 6.16. The van der Waals surface area contributed by atoms with Crippen LogP contribution in [0.15, 0.2) is 113 Å². The van der Waals surface area contributed by atoms with E-state index in [1.807, 2.05) is 0 Å². The van der Waals surface area contributed by atoms with Crippen molar-refractivity contribution in [2.45, 2.75) is 26.8 Å². The molecule has 1 aliphatic carbocycles. The first-order valence-corrected chi connectivity index (χ1v) is 12.8. The number of nitrogens with zero attached hydrogens (tertiary/aromatic N) is 1. The number of hydrogen-bond donors (Lipinski definition) is 0. The minimum atomic E-state index is -0.793. The lowest BCUT2D eigenvalue weighted by Gasteiger charge is -2.25. The van der Waals surface area contributed by atoms with Gasteiger partial charge in [-0.15, -0.1) is 0 Å². The van der Waals surface area contributed by atoms with Gasteiger partial charge in [0.15, 0.2) is 0 Å². The summed E-state index contributed by atoms with van der Waals surface area (Å²) >= 11 is 0. The molecule has 0 saturated heterocycles. The van der Waals surface area contributed by atoms with Crippen LogP contribution in [0.4, 0.5) is 0 Å². The Bertz CT molecular complexity index is 1220. The van der Waals surface area contributed by atoms with E-state index in [4.69, 9.17) is 9.73 Å². The molecule has 33 heavy (non-hydrogen) atoms. The largest absolute Gasteiger partial charge is 0.475 e. The van der Waals surface area contributed by atoms with E-state index in [1.54, 1.807) is 0 Å². The van der Waals surface area contributed by atoms with Crippen LogP contribution in [-0.4, -0.2) is 18.5 Å². The predicted molar refractivity (Wildman–Crippen MR) is 142 cm³/mol. The molecule has 3 aromatic carbocycles. The molecule has 0 saturated carbocycles. The lowest BCUT2D eigenvalue weighted by Crippen LogP contribution is -2.25. The molecule has 0 amide bonds. The van der Waals surface area contributed by atoms with Crippen molar-refractivity contribution in [3.8, 4) is 11.1 Å². The van der Waals surface area contributed by atoms with Gasteiger partial charge >= 0.3 is 0 Å². The average molecular weight is 451 g/mol. The molecule has 0 N–H and O–H groups in total. The molecule has 0 fully saturated rings. The molecule has 5 rings (SSSR count). The minimum Gasteiger partial charge on any atom is -0.475 e. The van der Waals surface area contributed by atoms with Gasteiger partial charge in [-0.05, 0) is 40.4 Å². The van der Waals surface area contributed by atoms with E-state index in [-0.39, 0.29) is 11.5 Å².